The van der Waals surface area contributed by atoms with E-state index >= 15 is 0 Å². The highest BCUT2D eigenvalue weighted by atomic mass is 16.2. The van der Waals surface area contributed by atoms with Gasteiger partial charge in [0.25, 0.3) is 5.56 Å². The molecule has 2 heterocycles. The molecule has 0 spiro atoms. The maximum atomic E-state index is 12.3. The Balaban J connectivity index is 1.49. The molecular weight excluding hydrogens is 362 g/mol. The van der Waals surface area contributed by atoms with E-state index in [2.05, 4.69) is 20.6 Å². The minimum Gasteiger partial charge on any atom is -0.353 e. The van der Waals surface area contributed by atoms with Crippen molar-refractivity contribution in [2.75, 3.05) is 18.4 Å². The molecule has 1 saturated heterocycles. The fraction of sp³-hybridized carbons (Fsp3) is 0.368. The molecule has 9 heteroatoms. The third kappa shape index (κ3) is 4.87. The summed E-state index contributed by atoms with van der Waals surface area (Å²) in [5.41, 5.74) is 0.231. The number of anilines is 1. The van der Waals surface area contributed by atoms with E-state index in [0.29, 0.717) is 31.6 Å². The Morgan fingerprint density at radius 1 is 1.11 bits per heavy atom. The Labute approximate surface area is 161 Å². The maximum Gasteiger partial charge on any atom is 0.325 e. The van der Waals surface area contributed by atoms with Gasteiger partial charge in [0.05, 0.1) is 6.42 Å². The number of aryl methyl sites for hydroxylation is 1. The number of piperidine rings is 1. The van der Waals surface area contributed by atoms with Gasteiger partial charge in [-0.05, 0) is 31.9 Å². The summed E-state index contributed by atoms with van der Waals surface area (Å²) < 4.78 is 0. The first-order chi connectivity index (χ1) is 13.4. The summed E-state index contributed by atoms with van der Waals surface area (Å²) in [6.45, 7) is 2.65. The summed E-state index contributed by atoms with van der Waals surface area (Å²) in [6.07, 6.45) is 1.16. The standard InChI is InChI=1S/C19H23N5O4/c1-12-15(17(26)23-18(27)20-12)11-16(25)21-14-7-9-24(10-8-14)19(28)22-13-5-3-2-4-6-13/h2-6,14H,7-11H2,1H3,(H,21,25)(H,22,28)(H2,20,23,26,27). The summed E-state index contributed by atoms with van der Waals surface area (Å²) in [4.78, 5) is 54.0. The van der Waals surface area contributed by atoms with Crippen molar-refractivity contribution in [3.63, 3.8) is 0 Å². The van der Waals surface area contributed by atoms with Crippen LogP contribution in [0.4, 0.5) is 10.5 Å². The first kappa shape index (κ1) is 19.4. The summed E-state index contributed by atoms with van der Waals surface area (Å²) in [6, 6.07) is 9.02. The molecule has 4 N–H and O–H groups in total. The summed E-state index contributed by atoms with van der Waals surface area (Å²) in [5, 5.41) is 5.75. The van der Waals surface area contributed by atoms with Gasteiger partial charge in [-0.15, -0.1) is 0 Å². The number of hydrogen-bond donors (Lipinski definition) is 4. The Bertz CT molecular complexity index is 958. The van der Waals surface area contributed by atoms with E-state index in [9.17, 15) is 19.2 Å². The van der Waals surface area contributed by atoms with Gasteiger partial charge in [0.15, 0.2) is 0 Å². The van der Waals surface area contributed by atoms with Gasteiger partial charge in [-0.25, -0.2) is 9.59 Å². The van der Waals surface area contributed by atoms with Crippen LogP contribution in [-0.4, -0.2) is 45.9 Å². The molecule has 0 bridgehead atoms. The lowest BCUT2D eigenvalue weighted by molar-refractivity contribution is -0.121. The van der Waals surface area contributed by atoms with Crippen molar-refractivity contribution >= 4 is 17.6 Å². The second-order valence-electron chi connectivity index (χ2n) is 6.81. The average Bonchev–Trinajstić information content (AvgIpc) is 2.66. The molecule has 0 saturated carbocycles. The van der Waals surface area contributed by atoms with Crippen molar-refractivity contribution in [2.24, 2.45) is 0 Å². The van der Waals surface area contributed by atoms with Crippen LogP contribution in [0.15, 0.2) is 39.9 Å². The molecule has 2 aromatic rings. The molecule has 0 unspecified atom stereocenters. The van der Waals surface area contributed by atoms with Crippen LogP contribution >= 0.6 is 0 Å². The van der Waals surface area contributed by atoms with Crippen molar-refractivity contribution < 1.29 is 9.59 Å². The van der Waals surface area contributed by atoms with Gasteiger partial charge in [0.2, 0.25) is 5.91 Å². The number of urea groups is 1. The Hall–Kier alpha value is -3.36. The highest BCUT2D eigenvalue weighted by Crippen LogP contribution is 2.13. The zero-order valence-corrected chi connectivity index (χ0v) is 15.6. The van der Waals surface area contributed by atoms with Crippen molar-refractivity contribution in [3.8, 4) is 0 Å². The number of carbonyl (C=O) groups excluding carboxylic acids is 2. The van der Waals surface area contributed by atoms with Crippen LogP contribution < -0.4 is 21.9 Å². The fourth-order valence-corrected chi connectivity index (χ4v) is 3.23. The van der Waals surface area contributed by atoms with E-state index in [4.69, 9.17) is 0 Å². The Morgan fingerprint density at radius 3 is 2.43 bits per heavy atom. The number of para-hydroxylation sites is 1. The quantitative estimate of drug-likeness (QED) is 0.619. The molecule has 3 amide bonds. The van der Waals surface area contributed by atoms with E-state index in [1.54, 1.807) is 11.8 Å². The summed E-state index contributed by atoms with van der Waals surface area (Å²) >= 11 is 0. The lowest BCUT2D eigenvalue weighted by Gasteiger charge is -2.32. The van der Waals surface area contributed by atoms with Crippen LogP contribution in [-0.2, 0) is 11.2 Å². The zero-order valence-electron chi connectivity index (χ0n) is 15.6. The number of rotatable bonds is 4. The number of H-pyrrole nitrogens is 2. The molecule has 1 aliphatic rings. The summed E-state index contributed by atoms with van der Waals surface area (Å²) in [5.74, 6) is -0.284. The smallest absolute Gasteiger partial charge is 0.325 e. The maximum absolute atomic E-state index is 12.3. The minimum atomic E-state index is -0.590. The first-order valence-corrected chi connectivity index (χ1v) is 9.15. The van der Waals surface area contributed by atoms with Crippen molar-refractivity contribution in [2.45, 2.75) is 32.2 Å². The molecule has 148 valence electrons. The minimum absolute atomic E-state index is 0.0598. The molecule has 1 aromatic carbocycles. The van der Waals surface area contributed by atoms with Gasteiger partial charge in [0.1, 0.15) is 0 Å². The van der Waals surface area contributed by atoms with E-state index in [1.807, 2.05) is 30.3 Å². The van der Waals surface area contributed by atoms with E-state index in [-0.39, 0.29) is 30.0 Å². The predicted octanol–water partition coefficient (Wildman–Crippen LogP) is 0.727. The molecule has 9 nitrogen and oxygen atoms in total. The monoisotopic (exact) mass is 385 g/mol. The molecule has 0 atom stereocenters. The van der Waals surface area contributed by atoms with Gasteiger partial charge in [-0.3, -0.25) is 14.6 Å². The van der Waals surface area contributed by atoms with Gasteiger partial charge in [-0.1, -0.05) is 18.2 Å². The number of hydrogen-bond acceptors (Lipinski definition) is 4. The number of carbonyl (C=O) groups is 2. The van der Waals surface area contributed by atoms with Gasteiger partial charge < -0.3 is 20.5 Å². The van der Waals surface area contributed by atoms with Crippen LogP contribution in [0.25, 0.3) is 0 Å². The predicted molar refractivity (Wildman–Crippen MR) is 104 cm³/mol. The Morgan fingerprint density at radius 2 is 1.79 bits per heavy atom. The van der Waals surface area contributed by atoms with Crippen molar-refractivity contribution in [1.29, 1.82) is 0 Å². The number of likely N-dealkylation sites (tertiary alicyclic amines) is 1. The first-order valence-electron chi connectivity index (χ1n) is 9.15. The number of nitrogens with one attached hydrogen (secondary N) is 4. The van der Waals surface area contributed by atoms with Crippen LogP contribution in [0.1, 0.15) is 24.1 Å². The third-order valence-electron chi connectivity index (χ3n) is 4.76. The average molecular weight is 385 g/mol. The van der Waals surface area contributed by atoms with Crippen LogP contribution in [0.3, 0.4) is 0 Å². The van der Waals surface area contributed by atoms with E-state index in [1.165, 1.54) is 0 Å². The highest BCUT2D eigenvalue weighted by Gasteiger charge is 2.24. The van der Waals surface area contributed by atoms with Crippen LogP contribution in [0, 0.1) is 6.92 Å². The highest BCUT2D eigenvalue weighted by molar-refractivity contribution is 5.89. The Kier molecular flexibility index (Phi) is 5.93. The third-order valence-corrected chi connectivity index (χ3v) is 4.76. The van der Waals surface area contributed by atoms with Crippen LogP contribution in [0.2, 0.25) is 0 Å². The topological polar surface area (TPSA) is 127 Å². The van der Waals surface area contributed by atoms with Crippen LogP contribution in [0.5, 0.6) is 0 Å². The van der Waals surface area contributed by atoms with Gasteiger partial charge in [-0.2, -0.15) is 0 Å². The molecular formula is C19H23N5O4. The fourth-order valence-electron chi connectivity index (χ4n) is 3.23. The van der Waals surface area contributed by atoms with Gasteiger partial charge in [0, 0.05) is 36.1 Å². The number of aromatic nitrogens is 2. The zero-order chi connectivity index (χ0) is 20.1. The second-order valence-corrected chi connectivity index (χ2v) is 6.81. The normalized spacial score (nSPS) is 14.5. The molecule has 0 radical (unpaired) electrons. The van der Waals surface area contributed by atoms with Crippen molar-refractivity contribution in [3.05, 3.63) is 62.4 Å². The van der Waals surface area contributed by atoms with E-state index in [0.717, 1.165) is 5.69 Å². The lowest BCUT2D eigenvalue weighted by atomic mass is 10.0. The molecule has 0 aliphatic carbocycles. The number of benzene rings is 1. The molecule has 1 fully saturated rings. The number of aromatic amines is 2. The SMILES string of the molecule is Cc1[nH]c(=O)[nH]c(=O)c1CC(=O)NC1CCN(C(=O)Nc2ccccc2)CC1. The van der Waals surface area contributed by atoms with Gasteiger partial charge >= 0.3 is 11.7 Å². The molecule has 3 rings (SSSR count). The molecule has 1 aromatic heterocycles. The molecule has 1 aliphatic heterocycles. The number of amides is 3. The van der Waals surface area contributed by atoms with Crippen molar-refractivity contribution in [1.82, 2.24) is 20.2 Å². The molecule has 28 heavy (non-hydrogen) atoms. The second kappa shape index (κ2) is 8.55. The largest absolute Gasteiger partial charge is 0.353 e. The summed E-state index contributed by atoms with van der Waals surface area (Å²) in [7, 11) is 0. The van der Waals surface area contributed by atoms with E-state index < -0.39 is 11.2 Å². The lowest BCUT2D eigenvalue weighted by Crippen LogP contribution is -2.48. The number of nitrogens with zero attached hydrogens (tertiary/aromatic N) is 1.